The Morgan fingerprint density at radius 3 is 2.38 bits per heavy atom. The van der Waals surface area contributed by atoms with Crippen molar-refractivity contribution in [2.24, 2.45) is 5.41 Å². The summed E-state index contributed by atoms with van der Waals surface area (Å²) < 4.78 is 41.3. The smallest absolute Gasteiger partial charge is 0.390 e. The molecule has 1 aliphatic heterocycles. The van der Waals surface area contributed by atoms with Crippen LogP contribution in [0.5, 0.6) is 0 Å². The molecule has 1 saturated heterocycles. The summed E-state index contributed by atoms with van der Waals surface area (Å²) in [5, 5.41) is 11.7. The van der Waals surface area contributed by atoms with E-state index in [4.69, 9.17) is 4.74 Å². The first-order chi connectivity index (χ1) is 9.66. The van der Waals surface area contributed by atoms with Crippen LogP contribution in [-0.4, -0.2) is 61.5 Å². The van der Waals surface area contributed by atoms with Gasteiger partial charge < -0.3 is 20.1 Å². The second-order valence-corrected chi connectivity index (χ2v) is 5.14. The Hall–Kier alpha value is -1.51. The van der Waals surface area contributed by atoms with Gasteiger partial charge in [-0.2, -0.15) is 13.2 Å². The zero-order valence-corrected chi connectivity index (χ0v) is 11.7. The lowest BCUT2D eigenvalue weighted by atomic mass is 9.80. The number of amides is 2. The third-order valence-electron chi connectivity index (χ3n) is 3.56. The zero-order chi connectivity index (χ0) is 16.1. The molecule has 21 heavy (non-hydrogen) atoms. The van der Waals surface area contributed by atoms with Crippen LogP contribution in [0.15, 0.2) is 0 Å². The average Bonchev–Trinajstić information content (AvgIpc) is 2.42. The van der Waals surface area contributed by atoms with Crippen molar-refractivity contribution in [2.75, 3.05) is 33.4 Å². The van der Waals surface area contributed by atoms with Crippen LogP contribution in [0.1, 0.15) is 19.3 Å². The van der Waals surface area contributed by atoms with Gasteiger partial charge in [0.15, 0.2) is 0 Å². The number of hydrogen-bond donors (Lipinski definition) is 2. The highest BCUT2D eigenvalue weighted by atomic mass is 19.4. The Bertz CT molecular complexity index is 381. The van der Waals surface area contributed by atoms with E-state index in [0.29, 0.717) is 0 Å². The molecule has 0 aromatic carbocycles. The predicted octanol–water partition coefficient (Wildman–Crippen LogP) is 1.46. The fourth-order valence-electron chi connectivity index (χ4n) is 2.00. The lowest BCUT2D eigenvalue weighted by Crippen LogP contribution is -2.49. The normalized spacial score (nSPS) is 18.1. The van der Waals surface area contributed by atoms with E-state index < -0.39 is 36.6 Å². The van der Waals surface area contributed by atoms with Crippen molar-refractivity contribution >= 4 is 12.0 Å². The fraction of sp³-hybridized carbons (Fsp3) is 0.833. The van der Waals surface area contributed by atoms with Crippen molar-refractivity contribution < 1.29 is 32.6 Å². The molecular weight excluding hydrogens is 293 g/mol. The Morgan fingerprint density at radius 1 is 1.33 bits per heavy atom. The van der Waals surface area contributed by atoms with Gasteiger partial charge in [-0.25, -0.2) is 4.79 Å². The molecule has 0 aromatic rings. The average molecular weight is 312 g/mol. The monoisotopic (exact) mass is 312 g/mol. The summed E-state index contributed by atoms with van der Waals surface area (Å²) in [5.74, 6) is -1.04. The molecule has 0 aliphatic carbocycles. The number of nitrogens with one attached hydrogen (secondary N) is 1. The molecule has 9 heteroatoms. The molecule has 0 bridgehead atoms. The summed E-state index contributed by atoms with van der Waals surface area (Å²) >= 11 is 0. The SMILES string of the molecule is CN(CCC(F)(F)F)C(=O)NCC1(C(=O)O)CCOCC1. The highest BCUT2D eigenvalue weighted by Crippen LogP contribution is 2.30. The van der Waals surface area contributed by atoms with Crippen molar-refractivity contribution in [3.63, 3.8) is 0 Å². The number of carbonyl (C=O) groups excluding carboxylic acids is 1. The molecule has 2 amide bonds. The van der Waals surface area contributed by atoms with Gasteiger partial charge in [0.2, 0.25) is 0 Å². The molecule has 1 aliphatic rings. The van der Waals surface area contributed by atoms with Crippen molar-refractivity contribution in [1.29, 1.82) is 0 Å². The lowest BCUT2D eigenvalue weighted by Gasteiger charge is -2.33. The Balaban J connectivity index is 2.48. The zero-order valence-electron chi connectivity index (χ0n) is 11.7. The third kappa shape index (κ3) is 5.41. The van der Waals surface area contributed by atoms with Gasteiger partial charge in [0.1, 0.15) is 0 Å². The standard InChI is InChI=1S/C12H19F3N2O4/c1-17(5-2-12(13,14)15)10(20)16-8-11(9(18)19)3-6-21-7-4-11/h2-8H2,1H3,(H,16,20)(H,18,19). The maximum atomic E-state index is 12.1. The minimum Gasteiger partial charge on any atom is -0.481 e. The number of urea groups is 1. The number of alkyl halides is 3. The Labute approximate surface area is 120 Å². The summed E-state index contributed by atoms with van der Waals surface area (Å²) in [6.07, 6.45) is -4.92. The second kappa shape index (κ2) is 6.97. The van der Waals surface area contributed by atoms with Crippen LogP contribution in [0, 0.1) is 5.41 Å². The van der Waals surface area contributed by atoms with Crippen molar-refractivity contribution in [3.05, 3.63) is 0 Å². The van der Waals surface area contributed by atoms with Gasteiger partial charge in [-0.1, -0.05) is 0 Å². The molecule has 1 fully saturated rings. The van der Waals surface area contributed by atoms with E-state index in [-0.39, 0.29) is 32.6 Å². The number of hydrogen-bond acceptors (Lipinski definition) is 3. The first-order valence-electron chi connectivity index (χ1n) is 6.53. The highest BCUT2D eigenvalue weighted by molar-refractivity contribution is 5.78. The van der Waals surface area contributed by atoms with Gasteiger partial charge in [0, 0.05) is 33.4 Å². The first-order valence-corrected chi connectivity index (χ1v) is 6.53. The van der Waals surface area contributed by atoms with E-state index in [1.54, 1.807) is 0 Å². The number of halogens is 3. The maximum absolute atomic E-state index is 12.1. The van der Waals surface area contributed by atoms with E-state index in [1.165, 1.54) is 7.05 Å². The van der Waals surface area contributed by atoms with Gasteiger partial charge in [0.05, 0.1) is 11.8 Å². The molecule has 0 saturated carbocycles. The van der Waals surface area contributed by atoms with Crippen molar-refractivity contribution in [3.8, 4) is 0 Å². The Kier molecular flexibility index (Phi) is 5.82. The molecule has 0 spiro atoms. The van der Waals surface area contributed by atoms with Gasteiger partial charge in [-0.15, -0.1) is 0 Å². The van der Waals surface area contributed by atoms with Crippen LogP contribution in [0.3, 0.4) is 0 Å². The number of carboxylic acid groups (broad SMARTS) is 1. The molecule has 0 atom stereocenters. The molecule has 0 unspecified atom stereocenters. The van der Waals surface area contributed by atoms with E-state index in [1.807, 2.05) is 0 Å². The second-order valence-electron chi connectivity index (χ2n) is 5.14. The predicted molar refractivity (Wildman–Crippen MR) is 66.8 cm³/mol. The molecule has 1 rings (SSSR count). The Morgan fingerprint density at radius 2 is 1.90 bits per heavy atom. The van der Waals surface area contributed by atoms with Crippen molar-refractivity contribution in [1.82, 2.24) is 10.2 Å². The van der Waals surface area contributed by atoms with Crippen LogP contribution >= 0.6 is 0 Å². The molecule has 6 nitrogen and oxygen atoms in total. The molecular formula is C12H19F3N2O4. The molecule has 122 valence electrons. The summed E-state index contributed by atoms with van der Waals surface area (Å²) in [6, 6.07) is -0.716. The van der Waals surface area contributed by atoms with Gasteiger partial charge >= 0.3 is 18.2 Å². The van der Waals surface area contributed by atoms with Crippen LogP contribution in [0.2, 0.25) is 0 Å². The maximum Gasteiger partial charge on any atom is 0.390 e. The van der Waals surface area contributed by atoms with Crippen molar-refractivity contribution in [2.45, 2.75) is 25.4 Å². The quantitative estimate of drug-likeness (QED) is 0.805. The highest BCUT2D eigenvalue weighted by Gasteiger charge is 2.40. The van der Waals surface area contributed by atoms with Crippen LogP contribution in [0.25, 0.3) is 0 Å². The fourth-order valence-corrected chi connectivity index (χ4v) is 2.00. The van der Waals surface area contributed by atoms with E-state index in [2.05, 4.69) is 5.32 Å². The third-order valence-corrected chi connectivity index (χ3v) is 3.56. The van der Waals surface area contributed by atoms with Crippen LogP contribution in [-0.2, 0) is 9.53 Å². The number of carboxylic acids is 1. The van der Waals surface area contributed by atoms with E-state index >= 15 is 0 Å². The molecule has 0 aromatic heterocycles. The van der Waals surface area contributed by atoms with E-state index in [0.717, 1.165) is 4.90 Å². The largest absolute Gasteiger partial charge is 0.481 e. The number of carbonyl (C=O) groups is 2. The van der Waals surface area contributed by atoms with Gasteiger partial charge in [-0.05, 0) is 12.8 Å². The lowest BCUT2D eigenvalue weighted by molar-refractivity contribution is -0.154. The molecule has 1 heterocycles. The number of nitrogens with zero attached hydrogens (tertiary/aromatic N) is 1. The van der Waals surface area contributed by atoms with Gasteiger partial charge in [0.25, 0.3) is 0 Å². The minimum atomic E-state index is -4.34. The van der Waals surface area contributed by atoms with Crippen LogP contribution in [0.4, 0.5) is 18.0 Å². The summed E-state index contributed by atoms with van der Waals surface area (Å²) in [5.41, 5.74) is -1.11. The first kappa shape index (κ1) is 17.5. The summed E-state index contributed by atoms with van der Waals surface area (Å²) in [4.78, 5) is 23.9. The molecule has 2 N–H and O–H groups in total. The molecule has 0 radical (unpaired) electrons. The minimum absolute atomic E-state index is 0.124. The summed E-state index contributed by atoms with van der Waals surface area (Å²) in [7, 11) is 1.23. The number of rotatable bonds is 5. The summed E-state index contributed by atoms with van der Waals surface area (Å²) in [6.45, 7) is -0.0302. The van der Waals surface area contributed by atoms with E-state index in [9.17, 15) is 27.9 Å². The van der Waals surface area contributed by atoms with Gasteiger partial charge in [-0.3, -0.25) is 4.79 Å². The number of aliphatic carboxylic acids is 1. The van der Waals surface area contributed by atoms with Crippen LogP contribution < -0.4 is 5.32 Å². The number of ether oxygens (including phenoxy) is 1. The topological polar surface area (TPSA) is 78.9 Å².